The molecular formula is C19H22N2O5. The van der Waals surface area contributed by atoms with Crippen molar-refractivity contribution < 1.29 is 24.2 Å². The number of aliphatic carboxylic acids is 1. The number of aromatic nitrogens is 1. The number of amides is 1. The summed E-state index contributed by atoms with van der Waals surface area (Å²) in [6, 6.07) is 10.4. The highest BCUT2D eigenvalue weighted by Crippen LogP contribution is 2.16. The van der Waals surface area contributed by atoms with Crippen molar-refractivity contribution in [2.24, 2.45) is 0 Å². The molecule has 1 heterocycles. The highest BCUT2D eigenvalue weighted by molar-refractivity contribution is 5.95. The third kappa shape index (κ3) is 5.86. The van der Waals surface area contributed by atoms with Crippen molar-refractivity contribution in [1.82, 2.24) is 10.3 Å². The van der Waals surface area contributed by atoms with Gasteiger partial charge < -0.3 is 19.9 Å². The average Bonchev–Trinajstić information content (AvgIpc) is 2.60. The van der Waals surface area contributed by atoms with Crippen LogP contribution in [0.25, 0.3) is 0 Å². The van der Waals surface area contributed by atoms with Gasteiger partial charge in [-0.1, -0.05) is 0 Å². The monoisotopic (exact) mass is 358 g/mol. The van der Waals surface area contributed by atoms with Gasteiger partial charge >= 0.3 is 5.97 Å². The smallest absolute Gasteiger partial charge is 0.305 e. The molecule has 0 aliphatic rings. The maximum Gasteiger partial charge on any atom is 0.305 e. The van der Waals surface area contributed by atoms with Crippen LogP contribution in [0.3, 0.4) is 0 Å². The Morgan fingerprint density at radius 3 is 2.38 bits per heavy atom. The second kappa shape index (κ2) is 8.96. The number of pyridine rings is 1. The van der Waals surface area contributed by atoms with Crippen molar-refractivity contribution in [2.75, 3.05) is 13.7 Å². The van der Waals surface area contributed by atoms with Gasteiger partial charge in [0.05, 0.1) is 18.6 Å². The van der Waals surface area contributed by atoms with Gasteiger partial charge in [-0.05, 0) is 48.9 Å². The first kappa shape index (κ1) is 19.4. The molecule has 7 heteroatoms. The zero-order valence-corrected chi connectivity index (χ0v) is 14.8. The molecule has 2 N–H and O–H groups in total. The van der Waals surface area contributed by atoms with E-state index >= 15 is 0 Å². The number of rotatable bonds is 9. The van der Waals surface area contributed by atoms with Gasteiger partial charge in [0.15, 0.2) is 0 Å². The summed E-state index contributed by atoms with van der Waals surface area (Å²) in [5, 5.41) is 11.7. The van der Waals surface area contributed by atoms with E-state index in [1.165, 1.54) is 7.11 Å². The van der Waals surface area contributed by atoms with E-state index < -0.39 is 11.5 Å². The second-order valence-electron chi connectivity index (χ2n) is 6.19. The summed E-state index contributed by atoms with van der Waals surface area (Å²) < 4.78 is 10.7. The molecule has 0 aliphatic carbocycles. The summed E-state index contributed by atoms with van der Waals surface area (Å²) in [5.41, 5.74) is 0.411. The molecule has 1 unspecified atom stereocenters. The van der Waals surface area contributed by atoms with Crippen LogP contribution in [-0.4, -0.2) is 41.2 Å². The number of methoxy groups -OCH3 is 1. The van der Waals surface area contributed by atoms with Crippen molar-refractivity contribution in [3.05, 3.63) is 59.9 Å². The normalized spacial score (nSPS) is 12.8. The van der Waals surface area contributed by atoms with Crippen LogP contribution in [0.4, 0.5) is 0 Å². The zero-order valence-electron chi connectivity index (χ0n) is 14.8. The van der Waals surface area contributed by atoms with Crippen LogP contribution in [0.5, 0.6) is 5.75 Å². The van der Waals surface area contributed by atoms with Gasteiger partial charge in [-0.3, -0.25) is 14.6 Å². The van der Waals surface area contributed by atoms with Crippen LogP contribution in [0, 0.1) is 0 Å². The molecule has 0 fully saturated rings. The lowest BCUT2D eigenvalue weighted by Gasteiger charge is -2.28. The van der Waals surface area contributed by atoms with E-state index in [2.05, 4.69) is 10.3 Å². The average molecular weight is 358 g/mol. The predicted octanol–water partition coefficient (Wildman–Crippen LogP) is 2.27. The van der Waals surface area contributed by atoms with E-state index in [-0.39, 0.29) is 18.9 Å². The number of nitrogens with zero attached hydrogens (tertiary/aromatic N) is 1. The Labute approximate surface area is 152 Å². The van der Waals surface area contributed by atoms with Gasteiger partial charge in [0.1, 0.15) is 12.4 Å². The fraction of sp³-hybridized carbons (Fsp3) is 0.316. The third-order valence-electron chi connectivity index (χ3n) is 3.69. The minimum absolute atomic E-state index is 0.0954. The lowest BCUT2D eigenvalue weighted by molar-refractivity contribution is -0.139. The van der Waals surface area contributed by atoms with Crippen molar-refractivity contribution in [1.29, 1.82) is 0 Å². The Balaban J connectivity index is 1.97. The minimum Gasteiger partial charge on any atom is -0.489 e. The number of carbonyl (C=O) groups excluding carboxylic acids is 1. The van der Waals surface area contributed by atoms with Crippen molar-refractivity contribution in [3.8, 4) is 5.75 Å². The molecule has 2 aromatic rings. The van der Waals surface area contributed by atoms with E-state index in [0.29, 0.717) is 17.9 Å². The maximum absolute atomic E-state index is 12.4. The molecule has 1 aromatic heterocycles. The first-order valence-corrected chi connectivity index (χ1v) is 8.07. The molecule has 7 nitrogen and oxygen atoms in total. The van der Waals surface area contributed by atoms with Crippen LogP contribution in [0.1, 0.15) is 29.3 Å². The Morgan fingerprint density at radius 1 is 1.15 bits per heavy atom. The van der Waals surface area contributed by atoms with E-state index in [1.54, 1.807) is 43.6 Å². The molecule has 1 aromatic carbocycles. The number of carboxylic acids is 1. The van der Waals surface area contributed by atoms with E-state index in [1.807, 2.05) is 12.1 Å². The lowest BCUT2D eigenvalue weighted by atomic mass is 9.98. The Morgan fingerprint density at radius 2 is 1.81 bits per heavy atom. The van der Waals surface area contributed by atoms with Crippen LogP contribution in [-0.2, 0) is 16.1 Å². The van der Waals surface area contributed by atoms with Crippen LogP contribution < -0.4 is 10.1 Å². The number of ether oxygens (including phenoxy) is 2. The maximum atomic E-state index is 12.4. The van der Waals surface area contributed by atoms with Gasteiger partial charge in [0.25, 0.3) is 5.91 Å². The number of carbonyl (C=O) groups is 2. The standard InChI is InChI=1S/C19H22N2O5/c1-19(13-25-2,11-17(22)23)21-18(24)15-3-5-16(6-4-15)26-12-14-7-9-20-10-8-14/h3-10H,11-13H2,1-2H3,(H,21,24)(H,22,23). The number of hydrogen-bond acceptors (Lipinski definition) is 5. The van der Waals surface area contributed by atoms with Crippen LogP contribution >= 0.6 is 0 Å². The van der Waals surface area contributed by atoms with Crippen LogP contribution in [0.15, 0.2) is 48.8 Å². The second-order valence-corrected chi connectivity index (χ2v) is 6.19. The number of benzene rings is 1. The van der Waals surface area contributed by atoms with Gasteiger partial charge in [-0.15, -0.1) is 0 Å². The molecule has 0 saturated carbocycles. The molecule has 0 saturated heterocycles. The lowest BCUT2D eigenvalue weighted by Crippen LogP contribution is -2.50. The molecule has 26 heavy (non-hydrogen) atoms. The molecule has 0 aliphatic heterocycles. The summed E-state index contributed by atoms with van der Waals surface area (Å²) in [7, 11) is 1.46. The SMILES string of the molecule is COCC(C)(CC(=O)O)NC(=O)c1ccc(OCc2ccncc2)cc1. The van der Waals surface area contributed by atoms with Crippen LogP contribution in [0.2, 0.25) is 0 Å². The van der Waals surface area contributed by atoms with E-state index in [9.17, 15) is 9.59 Å². The molecular weight excluding hydrogens is 336 g/mol. The molecule has 1 amide bonds. The van der Waals surface area contributed by atoms with Gasteiger partial charge in [-0.25, -0.2) is 0 Å². The van der Waals surface area contributed by atoms with Crippen molar-refractivity contribution in [3.63, 3.8) is 0 Å². The Bertz CT molecular complexity index is 733. The topological polar surface area (TPSA) is 97.8 Å². The highest BCUT2D eigenvalue weighted by atomic mass is 16.5. The van der Waals surface area contributed by atoms with Crippen molar-refractivity contribution in [2.45, 2.75) is 25.5 Å². The van der Waals surface area contributed by atoms with Gasteiger partial charge in [-0.2, -0.15) is 0 Å². The summed E-state index contributed by atoms with van der Waals surface area (Å²) in [5.74, 6) is -0.750. The quantitative estimate of drug-likeness (QED) is 0.714. The summed E-state index contributed by atoms with van der Waals surface area (Å²) in [6.07, 6.45) is 3.15. The molecule has 138 valence electrons. The summed E-state index contributed by atoms with van der Waals surface area (Å²) >= 11 is 0. The minimum atomic E-state index is -1.01. The first-order valence-electron chi connectivity index (χ1n) is 8.07. The summed E-state index contributed by atoms with van der Waals surface area (Å²) in [6.45, 7) is 2.13. The Kier molecular flexibility index (Phi) is 6.68. The number of hydrogen-bond donors (Lipinski definition) is 2. The molecule has 1 atom stereocenters. The fourth-order valence-electron chi connectivity index (χ4n) is 2.48. The fourth-order valence-corrected chi connectivity index (χ4v) is 2.48. The largest absolute Gasteiger partial charge is 0.489 e. The predicted molar refractivity (Wildman–Crippen MR) is 95.0 cm³/mol. The Hall–Kier alpha value is -2.93. The highest BCUT2D eigenvalue weighted by Gasteiger charge is 2.29. The van der Waals surface area contributed by atoms with E-state index in [4.69, 9.17) is 14.6 Å². The van der Waals surface area contributed by atoms with Gasteiger partial charge in [0.2, 0.25) is 0 Å². The first-order chi connectivity index (χ1) is 12.4. The zero-order chi connectivity index (χ0) is 19.0. The van der Waals surface area contributed by atoms with Gasteiger partial charge in [0, 0.05) is 25.1 Å². The van der Waals surface area contributed by atoms with E-state index in [0.717, 1.165) is 5.56 Å². The summed E-state index contributed by atoms with van der Waals surface area (Å²) in [4.78, 5) is 27.4. The van der Waals surface area contributed by atoms with Crippen molar-refractivity contribution >= 4 is 11.9 Å². The molecule has 2 rings (SSSR count). The number of carboxylic acid groups (broad SMARTS) is 1. The molecule has 0 bridgehead atoms. The number of nitrogens with one attached hydrogen (secondary N) is 1. The molecule has 0 radical (unpaired) electrons. The third-order valence-corrected chi connectivity index (χ3v) is 3.69. The molecule has 0 spiro atoms.